The maximum Gasteiger partial charge on any atom is 0.234 e. The minimum atomic E-state index is -0.270. The molecular weight excluding hydrogens is 396 g/mol. The van der Waals surface area contributed by atoms with Gasteiger partial charge < -0.3 is 14.6 Å². The van der Waals surface area contributed by atoms with Crippen LogP contribution in [0.2, 0.25) is 0 Å². The van der Waals surface area contributed by atoms with Gasteiger partial charge in [0.05, 0.1) is 30.1 Å². The number of aromatic amines is 1. The molecule has 1 aliphatic heterocycles. The molecule has 0 atom stereocenters. The molecule has 5 rings (SSSR count). The van der Waals surface area contributed by atoms with Crippen LogP contribution >= 0.6 is 11.3 Å². The molecule has 1 amide bonds. The van der Waals surface area contributed by atoms with Crippen molar-refractivity contribution in [3.63, 3.8) is 0 Å². The number of benzene rings is 1. The zero-order valence-electron chi connectivity index (χ0n) is 17.4. The Kier molecular flexibility index (Phi) is 5.25. The second-order valence-electron chi connectivity index (χ2n) is 8.40. The maximum absolute atomic E-state index is 13.5. The molecule has 6 nitrogen and oxygen atoms in total. The van der Waals surface area contributed by atoms with E-state index in [0.717, 1.165) is 81.0 Å². The summed E-state index contributed by atoms with van der Waals surface area (Å²) >= 11 is 1.74. The molecule has 1 saturated carbocycles. The van der Waals surface area contributed by atoms with Crippen molar-refractivity contribution in [2.24, 2.45) is 0 Å². The van der Waals surface area contributed by atoms with Gasteiger partial charge in [-0.1, -0.05) is 18.9 Å². The van der Waals surface area contributed by atoms with E-state index < -0.39 is 0 Å². The Morgan fingerprint density at radius 3 is 2.70 bits per heavy atom. The van der Waals surface area contributed by atoms with E-state index >= 15 is 0 Å². The number of ether oxygens (including phenoxy) is 1. The normalized spacial score (nSPS) is 19.4. The molecule has 1 aliphatic carbocycles. The average molecular weight is 425 g/mol. The first-order chi connectivity index (χ1) is 14.7. The number of hydrogen-bond donors (Lipinski definition) is 1. The smallest absolute Gasteiger partial charge is 0.234 e. The van der Waals surface area contributed by atoms with E-state index in [9.17, 15) is 4.79 Å². The third-order valence-corrected chi connectivity index (χ3v) is 7.70. The number of H-pyrrole nitrogens is 1. The van der Waals surface area contributed by atoms with Gasteiger partial charge in [-0.3, -0.25) is 9.69 Å². The van der Waals surface area contributed by atoms with Crippen LogP contribution in [0.1, 0.15) is 36.4 Å². The van der Waals surface area contributed by atoms with Crippen LogP contribution in [0.15, 0.2) is 35.7 Å². The quantitative estimate of drug-likeness (QED) is 0.677. The number of carbonyl (C=O) groups is 1. The summed E-state index contributed by atoms with van der Waals surface area (Å²) in [5.41, 5.74) is 1.68. The lowest BCUT2D eigenvalue weighted by molar-refractivity contribution is -0.139. The van der Waals surface area contributed by atoms with Crippen molar-refractivity contribution in [2.45, 2.75) is 37.6 Å². The maximum atomic E-state index is 13.5. The summed E-state index contributed by atoms with van der Waals surface area (Å²) in [5, 5.41) is 2.10. The molecule has 30 heavy (non-hydrogen) atoms. The summed E-state index contributed by atoms with van der Waals surface area (Å²) in [6, 6.07) is 10.1. The van der Waals surface area contributed by atoms with Crippen molar-refractivity contribution in [1.82, 2.24) is 19.8 Å². The summed E-state index contributed by atoms with van der Waals surface area (Å²) in [4.78, 5) is 27.4. The molecule has 0 spiro atoms. The minimum absolute atomic E-state index is 0.270. The van der Waals surface area contributed by atoms with Crippen LogP contribution in [0.25, 0.3) is 11.0 Å². The number of rotatable bonds is 5. The van der Waals surface area contributed by atoms with E-state index in [2.05, 4.69) is 32.3 Å². The highest BCUT2D eigenvalue weighted by Crippen LogP contribution is 2.44. The number of methoxy groups -OCH3 is 1. The van der Waals surface area contributed by atoms with Gasteiger partial charge in [0.25, 0.3) is 0 Å². The number of carbonyl (C=O) groups excluding carboxylic acids is 1. The van der Waals surface area contributed by atoms with Gasteiger partial charge in [0.1, 0.15) is 11.6 Å². The molecule has 7 heteroatoms. The van der Waals surface area contributed by atoms with Gasteiger partial charge in [-0.15, -0.1) is 11.3 Å². The second kappa shape index (κ2) is 8.04. The number of imidazole rings is 1. The summed E-state index contributed by atoms with van der Waals surface area (Å²) in [7, 11) is 1.67. The van der Waals surface area contributed by atoms with Crippen molar-refractivity contribution in [3.05, 3.63) is 46.4 Å². The average Bonchev–Trinajstić information content (AvgIpc) is 3.53. The Balaban J connectivity index is 1.23. The van der Waals surface area contributed by atoms with E-state index in [4.69, 9.17) is 9.72 Å². The molecule has 0 radical (unpaired) electrons. The lowest BCUT2D eigenvalue weighted by Gasteiger charge is -2.39. The number of piperazine rings is 1. The van der Waals surface area contributed by atoms with Crippen LogP contribution in [0, 0.1) is 0 Å². The van der Waals surface area contributed by atoms with Crippen LogP contribution in [0.5, 0.6) is 5.75 Å². The molecule has 1 saturated heterocycles. The van der Waals surface area contributed by atoms with E-state index in [1.807, 2.05) is 18.2 Å². The van der Waals surface area contributed by atoms with Gasteiger partial charge >= 0.3 is 0 Å². The first-order valence-electron chi connectivity index (χ1n) is 10.8. The van der Waals surface area contributed by atoms with E-state index in [0.29, 0.717) is 5.91 Å². The van der Waals surface area contributed by atoms with Gasteiger partial charge in [0, 0.05) is 37.1 Å². The van der Waals surface area contributed by atoms with Crippen molar-refractivity contribution < 1.29 is 9.53 Å². The van der Waals surface area contributed by atoms with Gasteiger partial charge in [-0.05, 0) is 36.4 Å². The Hall–Kier alpha value is -2.38. The number of amides is 1. The molecule has 1 aromatic carbocycles. The molecule has 3 aromatic rings. The largest absolute Gasteiger partial charge is 0.497 e. The fourth-order valence-corrected chi connectivity index (χ4v) is 5.94. The van der Waals surface area contributed by atoms with Crippen molar-refractivity contribution in [1.29, 1.82) is 0 Å². The number of nitrogens with one attached hydrogen (secondary N) is 1. The van der Waals surface area contributed by atoms with Gasteiger partial charge in [0.15, 0.2) is 0 Å². The molecule has 2 fully saturated rings. The zero-order valence-corrected chi connectivity index (χ0v) is 18.2. The lowest BCUT2D eigenvalue weighted by Crippen LogP contribution is -2.53. The van der Waals surface area contributed by atoms with Gasteiger partial charge in [-0.2, -0.15) is 0 Å². The highest BCUT2D eigenvalue weighted by Gasteiger charge is 2.46. The van der Waals surface area contributed by atoms with E-state index in [1.165, 1.54) is 4.88 Å². The van der Waals surface area contributed by atoms with Gasteiger partial charge in [-0.25, -0.2) is 4.98 Å². The van der Waals surface area contributed by atoms with Crippen molar-refractivity contribution in [2.75, 3.05) is 33.3 Å². The van der Waals surface area contributed by atoms with Crippen molar-refractivity contribution >= 4 is 28.3 Å². The third kappa shape index (κ3) is 3.50. The Morgan fingerprint density at radius 1 is 1.20 bits per heavy atom. The minimum Gasteiger partial charge on any atom is -0.497 e. The van der Waals surface area contributed by atoms with E-state index in [1.54, 1.807) is 18.4 Å². The first kappa shape index (κ1) is 19.6. The lowest BCUT2D eigenvalue weighted by atomic mass is 9.82. The van der Waals surface area contributed by atoms with Crippen LogP contribution in [-0.4, -0.2) is 59.0 Å². The molecule has 0 unspecified atom stereocenters. The summed E-state index contributed by atoms with van der Waals surface area (Å²) in [5.74, 6) is 2.14. The highest BCUT2D eigenvalue weighted by atomic mass is 32.1. The fourth-order valence-electron chi connectivity index (χ4n) is 4.96. The topological polar surface area (TPSA) is 61.5 Å². The fraction of sp³-hybridized carbons (Fsp3) is 0.478. The number of aromatic nitrogens is 2. The predicted octanol–water partition coefficient (Wildman–Crippen LogP) is 3.79. The Labute approximate surface area is 180 Å². The molecule has 2 aliphatic rings. The molecule has 2 aromatic heterocycles. The highest BCUT2D eigenvalue weighted by molar-refractivity contribution is 7.10. The van der Waals surface area contributed by atoms with Gasteiger partial charge in [0.2, 0.25) is 5.91 Å². The molecular formula is C23H28N4O2S. The monoisotopic (exact) mass is 424 g/mol. The second-order valence-corrected chi connectivity index (χ2v) is 9.35. The SMILES string of the molecule is COc1ccc2nc(CN3CCN(C(=O)C4(c5cccs5)CCCC4)CC3)[nH]c2c1. The summed E-state index contributed by atoms with van der Waals surface area (Å²) in [6.45, 7) is 4.12. The summed E-state index contributed by atoms with van der Waals surface area (Å²) < 4.78 is 5.30. The number of fused-ring (bicyclic) bond motifs is 1. The Bertz CT molecular complexity index is 1020. The van der Waals surface area contributed by atoms with Crippen molar-refractivity contribution in [3.8, 4) is 5.75 Å². The van der Waals surface area contributed by atoms with Crippen LogP contribution in [-0.2, 0) is 16.8 Å². The van der Waals surface area contributed by atoms with Crippen LogP contribution in [0.4, 0.5) is 0 Å². The zero-order chi connectivity index (χ0) is 20.6. The molecule has 158 valence electrons. The molecule has 1 N–H and O–H groups in total. The Morgan fingerprint density at radius 2 is 2.00 bits per heavy atom. The molecule has 3 heterocycles. The first-order valence-corrected chi connectivity index (χ1v) is 11.6. The number of nitrogens with zero attached hydrogens (tertiary/aromatic N) is 3. The third-order valence-electron chi connectivity index (χ3n) is 6.63. The predicted molar refractivity (Wildman–Crippen MR) is 119 cm³/mol. The number of hydrogen-bond acceptors (Lipinski definition) is 5. The number of thiophene rings is 1. The molecule has 0 bridgehead atoms. The van der Waals surface area contributed by atoms with Crippen LogP contribution < -0.4 is 4.74 Å². The van der Waals surface area contributed by atoms with Crippen LogP contribution in [0.3, 0.4) is 0 Å². The van der Waals surface area contributed by atoms with E-state index in [-0.39, 0.29) is 5.41 Å². The summed E-state index contributed by atoms with van der Waals surface area (Å²) in [6.07, 6.45) is 4.30. The standard InChI is InChI=1S/C23H28N4O2S/c1-29-17-6-7-18-19(15-17)25-21(24-18)16-26-10-12-27(13-11-26)22(28)23(8-2-3-9-23)20-5-4-14-30-20/h4-7,14-15H,2-3,8-13,16H2,1H3,(H,24,25).